The lowest BCUT2D eigenvalue weighted by atomic mass is 10.1. The van der Waals surface area contributed by atoms with E-state index in [1.54, 1.807) is 7.11 Å². The van der Waals surface area contributed by atoms with Crippen LogP contribution in [0.5, 0.6) is 0 Å². The highest BCUT2D eigenvalue weighted by Crippen LogP contribution is 2.10. The van der Waals surface area contributed by atoms with Crippen molar-refractivity contribution >= 4 is 17.6 Å². The topological polar surface area (TPSA) is 88.7 Å². The number of aliphatic imine (C=N–C) groups is 1. The summed E-state index contributed by atoms with van der Waals surface area (Å²) in [6, 6.07) is 7.78. The fraction of sp³-hybridized carbons (Fsp3) is 0.467. The van der Waals surface area contributed by atoms with E-state index in [9.17, 15) is 4.79 Å². The van der Waals surface area contributed by atoms with Gasteiger partial charge in [-0.2, -0.15) is 0 Å². The molecule has 21 heavy (non-hydrogen) atoms. The van der Waals surface area contributed by atoms with Crippen molar-refractivity contribution in [2.75, 3.05) is 25.6 Å². The van der Waals surface area contributed by atoms with E-state index in [2.05, 4.69) is 22.5 Å². The number of benzene rings is 1. The fourth-order valence-electron chi connectivity index (χ4n) is 1.82. The van der Waals surface area contributed by atoms with Crippen LogP contribution in [0.2, 0.25) is 0 Å². The second kappa shape index (κ2) is 8.97. The first-order valence-corrected chi connectivity index (χ1v) is 6.99. The summed E-state index contributed by atoms with van der Waals surface area (Å²) in [4.78, 5) is 15.8. The van der Waals surface area contributed by atoms with Crippen LogP contribution in [0.1, 0.15) is 19.4 Å². The van der Waals surface area contributed by atoms with Crippen LogP contribution in [0.3, 0.4) is 0 Å². The van der Waals surface area contributed by atoms with Crippen LogP contribution >= 0.6 is 0 Å². The molecule has 4 N–H and O–H groups in total. The Morgan fingerprint density at radius 2 is 2.24 bits per heavy atom. The maximum atomic E-state index is 11.8. The highest BCUT2D eigenvalue weighted by Gasteiger charge is 2.04. The Morgan fingerprint density at radius 3 is 2.90 bits per heavy atom. The van der Waals surface area contributed by atoms with Crippen LogP contribution in [-0.4, -0.2) is 38.2 Å². The van der Waals surface area contributed by atoms with Crippen molar-refractivity contribution < 1.29 is 9.53 Å². The van der Waals surface area contributed by atoms with Crippen LogP contribution in [0.25, 0.3) is 0 Å². The Morgan fingerprint density at radius 1 is 1.48 bits per heavy atom. The molecule has 0 aliphatic carbocycles. The highest BCUT2D eigenvalue weighted by molar-refractivity contribution is 5.93. The molecule has 1 amide bonds. The van der Waals surface area contributed by atoms with E-state index in [-0.39, 0.29) is 24.5 Å². The number of anilines is 1. The van der Waals surface area contributed by atoms with Gasteiger partial charge >= 0.3 is 0 Å². The zero-order valence-corrected chi connectivity index (χ0v) is 12.8. The van der Waals surface area contributed by atoms with Gasteiger partial charge in [0.05, 0.1) is 6.61 Å². The molecule has 116 valence electrons. The number of carbonyl (C=O) groups excluding carboxylic acids is 1. The fourth-order valence-corrected chi connectivity index (χ4v) is 1.82. The van der Waals surface area contributed by atoms with Gasteiger partial charge in [-0.05, 0) is 31.0 Å². The number of amides is 1. The van der Waals surface area contributed by atoms with E-state index >= 15 is 0 Å². The lowest BCUT2D eigenvalue weighted by Gasteiger charge is -2.13. The second-order valence-corrected chi connectivity index (χ2v) is 4.80. The molecule has 0 aromatic heterocycles. The lowest BCUT2D eigenvalue weighted by molar-refractivity contribution is -0.114. The van der Waals surface area contributed by atoms with Gasteiger partial charge in [0.25, 0.3) is 0 Å². The summed E-state index contributed by atoms with van der Waals surface area (Å²) in [6.07, 6.45) is 0.927. The Labute approximate surface area is 125 Å². The van der Waals surface area contributed by atoms with Crippen LogP contribution in [0.15, 0.2) is 29.3 Å². The Kier molecular flexibility index (Phi) is 7.25. The first-order chi connectivity index (χ1) is 10.0. The molecule has 0 aliphatic heterocycles. The molecular formula is C15H24N4O2. The predicted molar refractivity (Wildman–Crippen MR) is 85.4 cm³/mol. The zero-order valence-electron chi connectivity index (χ0n) is 12.8. The van der Waals surface area contributed by atoms with Gasteiger partial charge in [-0.15, -0.1) is 0 Å². The van der Waals surface area contributed by atoms with Gasteiger partial charge in [-0.1, -0.05) is 19.1 Å². The van der Waals surface area contributed by atoms with Gasteiger partial charge in [-0.3, -0.25) is 4.79 Å². The maximum absolute atomic E-state index is 11.8. The van der Waals surface area contributed by atoms with Gasteiger partial charge in [0.15, 0.2) is 5.96 Å². The summed E-state index contributed by atoms with van der Waals surface area (Å²) >= 11 is 0. The van der Waals surface area contributed by atoms with Crippen molar-refractivity contribution in [2.45, 2.75) is 26.3 Å². The Hall–Kier alpha value is -2.08. The minimum absolute atomic E-state index is 0.0190. The number of methoxy groups -OCH3 is 1. The first kappa shape index (κ1) is 17.0. The molecule has 1 rings (SSSR count). The molecule has 0 radical (unpaired) electrons. The van der Waals surface area contributed by atoms with E-state index in [1.165, 1.54) is 5.56 Å². The number of hydrogen-bond donors (Lipinski definition) is 3. The third-order valence-corrected chi connectivity index (χ3v) is 2.82. The number of nitrogens with zero attached hydrogens (tertiary/aromatic N) is 1. The number of nitrogens with one attached hydrogen (secondary N) is 2. The molecule has 0 aliphatic rings. The molecule has 0 saturated carbocycles. The molecule has 6 heteroatoms. The molecule has 1 atom stereocenters. The number of aryl methyl sites for hydroxylation is 1. The van der Waals surface area contributed by atoms with Crippen molar-refractivity contribution in [3.05, 3.63) is 29.8 Å². The molecule has 0 heterocycles. The molecule has 6 nitrogen and oxygen atoms in total. The van der Waals surface area contributed by atoms with Crippen LogP contribution in [0.4, 0.5) is 5.69 Å². The lowest BCUT2D eigenvalue weighted by Crippen LogP contribution is -2.41. The summed E-state index contributed by atoms with van der Waals surface area (Å²) in [5, 5.41) is 5.74. The molecule has 0 bridgehead atoms. The first-order valence-electron chi connectivity index (χ1n) is 6.99. The number of hydrogen-bond acceptors (Lipinski definition) is 3. The van der Waals surface area contributed by atoms with Crippen LogP contribution in [0, 0.1) is 0 Å². The van der Waals surface area contributed by atoms with E-state index in [0.717, 1.165) is 12.1 Å². The summed E-state index contributed by atoms with van der Waals surface area (Å²) in [5.41, 5.74) is 7.64. The number of nitrogens with two attached hydrogens (primary N) is 1. The minimum atomic E-state index is -0.201. The quantitative estimate of drug-likeness (QED) is 0.519. The minimum Gasteiger partial charge on any atom is -0.383 e. The normalized spacial score (nSPS) is 12.8. The standard InChI is InChI=1S/C15H24N4O2/c1-4-12-6-5-7-13(8-12)19-14(20)9-17-15(16)18-11(2)10-21-3/h5-8,11H,4,9-10H2,1-3H3,(H,19,20)(H3,16,17,18). The molecular weight excluding hydrogens is 268 g/mol. The largest absolute Gasteiger partial charge is 0.383 e. The van der Waals surface area contributed by atoms with E-state index in [0.29, 0.717) is 6.61 Å². The number of carbonyl (C=O) groups is 1. The smallest absolute Gasteiger partial charge is 0.246 e. The summed E-state index contributed by atoms with van der Waals surface area (Å²) in [7, 11) is 1.61. The zero-order chi connectivity index (χ0) is 15.7. The van der Waals surface area contributed by atoms with E-state index in [1.807, 2.05) is 31.2 Å². The molecule has 0 saturated heterocycles. The average molecular weight is 292 g/mol. The van der Waals surface area contributed by atoms with Gasteiger partial charge in [0.1, 0.15) is 6.54 Å². The monoisotopic (exact) mass is 292 g/mol. The SMILES string of the molecule is CCc1cccc(NC(=O)CN=C(N)NC(C)COC)c1. The Bertz CT molecular complexity index is 488. The second-order valence-electron chi connectivity index (χ2n) is 4.80. The van der Waals surface area contributed by atoms with Crippen molar-refractivity contribution in [1.82, 2.24) is 5.32 Å². The van der Waals surface area contributed by atoms with Crippen molar-refractivity contribution in [3.8, 4) is 0 Å². The van der Waals surface area contributed by atoms with Crippen LogP contribution < -0.4 is 16.4 Å². The van der Waals surface area contributed by atoms with E-state index in [4.69, 9.17) is 10.5 Å². The predicted octanol–water partition coefficient (Wildman–Crippen LogP) is 1.13. The summed E-state index contributed by atoms with van der Waals surface area (Å²) in [5.74, 6) is 0.0319. The third-order valence-electron chi connectivity index (χ3n) is 2.82. The van der Waals surface area contributed by atoms with Gasteiger partial charge < -0.3 is 21.1 Å². The summed E-state index contributed by atoms with van der Waals surface area (Å²) in [6.45, 7) is 4.49. The molecule has 1 aromatic carbocycles. The van der Waals surface area contributed by atoms with Crippen molar-refractivity contribution in [3.63, 3.8) is 0 Å². The molecule has 0 spiro atoms. The number of rotatable bonds is 7. The van der Waals surface area contributed by atoms with Crippen LogP contribution in [-0.2, 0) is 16.0 Å². The van der Waals surface area contributed by atoms with Crippen molar-refractivity contribution in [1.29, 1.82) is 0 Å². The highest BCUT2D eigenvalue weighted by atomic mass is 16.5. The molecule has 1 unspecified atom stereocenters. The van der Waals surface area contributed by atoms with E-state index < -0.39 is 0 Å². The third kappa shape index (κ3) is 6.76. The average Bonchev–Trinajstić information content (AvgIpc) is 2.45. The van der Waals surface area contributed by atoms with Gasteiger partial charge in [-0.25, -0.2) is 4.99 Å². The number of guanidine groups is 1. The number of ether oxygens (including phenoxy) is 1. The molecule has 0 fully saturated rings. The van der Waals surface area contributed by atoms with Gasteiger partial charge in [0.2, 0.25) is 5.91 Å². The maximum Gasteiger partial charge on any atom is 0.246 e. The van der Waals surface area contributed by atoms with Gasteiger partial charge in [0, 0.05) is 18.8 Å². The summed E-state index contributed by atoms with van der Waals surface area (Å²) < 4.78 is 4.98. The Balaban J connectivity index is 2.45. The van der Waals surface area contributed by atoms with Crippen molar-refractivity contribution in [2.24, 2.45) is 10.7 Å². The molecule has 1 aromatic rings.